The number of alkyl halides is 4. The van der Waals surface area contributed by atoms with Gasteiger partial charge in [-0.25, -0.2) is 0 Å². The summed E-state index contributed by atoms with van der Waals surface area (Å²) in [5, 5.41) is -4.60. The molecule has 5 aliphatic carbocycles. The lowest BCUT2D eigenvalue weighted by atomic mass is 9.54. The molecule has 0 aromatic heterocycles. The minimum absolute atomic E-state index is 0.102. The van der Waals surface area contributed by atoms with Gasteiger partial charge < -0.3 is 9.47 Å². The van der Waals surface area contributed by atoms with Crippen molar-refractivity contribution in [3.05, 3.63) is 0 Å². The Balaban J connectivity index is 1.45. The number of rotatable bonds is 6. The molecular formula is C20H26F2I2O7S. The van der Waals surface area contributed by atoms with Crippen molar-refractivity contribution < 1.29 is 40.8 Å². The highest BCUT2D eigenvalue weighted by atomic mass is 127. The molecule has 4 bridgehead atoms. The smallest absolute Gasteiger partial charge is 0.402 e. The van der Waals surface area contributed by atoms with Crippen molar-refractivity contribution in [3.63, 3.8) is 0 Å². The van der Waals surface area contributed by atoms with Crippen molar-refractivity contribution in [2.45, 2.75) is 81.9 Å². The fraction of sp³-hybridized carbons (Fsp3) is 0.900. The molecule has 0 radical (unpaired) electrons. The van der Waals surface area contributed by atoms with Gasteiger partial charge in [0, 0.05) is 19.7 Å². The maximum absolute atomic E-state index is 13.5. The SMILES string of the molecule is O=C(OCC(F)(F)S(=O)(=O)O)C1CCCCC1C(=O)OC12CC3CC(I)(CC(I)(C3)C1)C2. The third kappa shape index (κ3) is 4.93. The van der Waals surface area contributed by atoms with Gasteiger partial charge in [0.05, 0.1) is 11.8 Å². The molecule has 0 saturated heterocycles. The van der Waals surface area contributed by atoms with Crippen LogP contribution in [0, 0.1) is 17.8 Å². The number of carbonyl (C=O) groups is 2. The zero-order chi connectivity index (χ0) is 23.6. The first-order valence-electron chi connectivity index (χ1n) is 10.8. The summed E-state index contributed by atoms with van der Waals surface area (Å²) < 4.78 is 67.9. The van der Waals surface area contributed by atoms with Crippen LogP contribution in [0.3, 0.4) is 0 Å². The molecule has 0 aromatic carbocycles. The highest BCUT2D eigenvalue weighted by Gasteiger charge is 2.64. The van der Waals surface area contributed by atoms with Crippen molar-refractivity contribution in [2.24, 2.45) is 17.8 Å². The van der Waals surface area contributed by atoms with Crippen LogP contribution in [0.4, 0.5) is 8.78 Å². The topological polar surface area (TPSA) is 107 Å². The third-order valence-electron chi connectivity index (χ3n) is 7.33. The molecule has 0 aliphatic heterocycles. The zero-order valence-corrected chi connectivity index (χ0v) is 22.5. The second-order valence-corrected chi connectivity index (χ2v) is 16.3. The molecule has 4 atom stereocenters. The Hall–Kier alpha value is 0.170. The Morgan fingerprint density at radius 2 is 1.50 bits per heavy atom. The van der Waals surface area contributed by atoms with E-state index in [-0.39, 0.29) is 13.3 Å². The van der Waals surface area contributed by atoms with Gasteiger partial charge in [-0.3, -0.25) is 14.1 Å². The van der Waals surface area contributed by atoms with Gasteiger partial charge >= 0.3 is 27.3 Å². The number of hydrogen-bond acceptors (Lipinski definition) is 6. The lowest BCUT2D eigenvalue weighted by molar-refractivity contribution is -0.189. The van der Waals surface area contributed by atoms with Crippen LogP contribution in [0.2, 0.25) is 0 Å². The van der Waals surface area contributed by atoms with E-state index in [4.69, 9.17) is 9.29 Å². The number of ether oxygens (including phenoxy) is 2. The summed E-state index contributed by atoms with van der Waals surface area (Å²) in [7, 11) is -5.70. The molecule has 182 valence electrons. The fourth-order valence-electron chi connectivity index (χ4n) is 6.56. The lowest BCUT2D eigenvalue weighted by Gasteiger charge is -2.62. The summed E-state index contributed by atoms with van der Waals surface area (Å²) in [5.41, 5.74) is -0.553. The number of halogens is 4. The Labute approximate surface area is 213 Å². The van der Waals surface area contributed by atoms with E-state index in [9.17, 15) is 26.8 Å². The van der Waals surface area contributed by atoms with E-state index in [1.807, 2.05) is 0 Å². The summed E-state index contributed by atoms with van der Waals surface area (Å²) in [6.45, 7) is -1.79. The molecule has 0 heterocycles. The third-order valence-corrected chi connectivity index (χ3v) is 10.6. The van der Waals surface area contributed by atoms with Crippen molar-refractivity contribution in [3.8, 4) is 0 Å². The van der Waals surface area contributed by atoms with E-state index in [0.29, 0.717) is 25.2 Å². The second kappa shape index (κ2) is 8.38. The zero-order valence-electron chi connectivity index (χ0n) is 17.3. The monoisotopic (exact) mass is 702 g/mol. The van der Waals surface area contributed by atoms with Gasteiger partial charge in [0.25, 0.3) is 0 Å². The number of hydrogen-bond donors (Lipinski definition) is 1. The van der Waals surface area contributed by atoms with Crippen molar-refractivity contribution in [2.75, 3.05) is 6.61 Å². The van der Waals surface area contributed by atoms with Gasteiger partial charge in [0.1, 0.15) is 5.60 Å². The van der Waals surface area contributed by atoms with Crippen LogP contribution < -0.4 is 0 Å². The van der Waals surface area contributed by atoms with E-state index in [1.165, 1.54) is 0 Å². The van der Waals surface area contributed by atoms with Crippen molar-refractivity contribution in [1.29, 1.82) is 0 Å². The second-order valence-electron chi connectivity index (χ2n) is 10.1. The first-order chi connectivity index (χ1) is 14.7. The Morgan fingerprint density at radius 1 is 0.969 bits per heavy atom. The molecule has 4 unspecified atom stereocenters. The minimum atomic E-state index is -5.70. The molecule has 5 rings (SSSR count). The molecule has 12 heteroatoms. The average Bonchev–Trinajstić information content (AvgIpc) is 2.62. The fourth-order valence-corrected chi connectivity index (χ4v) is 11.6. The Morgan fingerprint density at radius 3 is 2.00 bits per heavy atom. The van der Waals surface area contributed by atoms with Gasteiger partial charge in [0.15, 0.2) is 6.61 Å². The first-order valence-corrected chi connectivity index (χ1v) is 14.4. The van der Waals surface area contributed by atoms with Crippen molar-refractivity contribution >= 4 is 67.2 Å². The van der Waals surface area contributed by atoms with Gasteiger partial charge in [-0.15, -0.1) is 0 Å². The van der Waals surface area contributed by atoms with Crippen LogP contribution in [-0.4, -0.2) is 49.2 Å². The summed E-state index contributed by atoms with van der Waals surface area (Å²) in [4.78, 5) is 25.8. The maximum atomic E-state index is 13.5. The van der Waals surface area contributed by atoms with E-state index in [1.54, 1.807) is 0 Å². The standard InChI is InChI=1S/C20H26F2I2O7S/c21-20(22,32(27,28)29)11-30-15(25)13-3-1-2-4-14(13)16(26)31-19-7-12-5-17(23,9-19)8-18(24,6-12)10-19/h12-14H,1-11H2,(H,27,28,29). The summed E-state index contributed by atoms with van der Waals surface area (Å²) >= 11 is 5.03. The molecule has 7 nitrogen and oxygen atoms in total. The summed E-state index contributed by atoms with van der Waals surface area (Å²) in [6, 6.07) is 0. The summed E-state index contributed by atoms with van der Waals surface area (Å²) in [5.74, 6) is -2.82. The predicted molar refractivity (Wildman–Crippen MR) is 126 cm³/mol. The quantitative estimate of drug-likeness (QED) is 0.189. The number of carbonyl (C=O) groups excluding carboxylic acids is 2. The molecule has 5 aliphatic rings. The molecule has 5 fully saturated rings. The van der Waals surface area contributed by atoms with Gasteiger partial charge in [-0.05, 0) is 44.4 Å². The van der Waals surface area contributed by atoms with E-state index < -0.39 is 51.4 Å². The minimum Gasteiger partial charge on any atom is -0.459 e. The van der Waals surface area contributed by atoms with Crippen LogP contribution in [0.25, 0.3) is 0 Å². The van der Waals surface area contributed by atoms with Crippen LogP contribution in [0.15, 0.2) is 0 Å². The normalized spacial score (nSPS) is 41.3. The lowest BCUT2D eigenvalue weighted by Crippen LogP contribution is -2.63. The van der Waals surface area contributed by atoms with E-state index in [0.717, 1.165) is 38.5 Å². The van der Waals surface area contributed by atoms with Crippen LogP contribution in [0.1, 0.15) is 64.2 Å². The van der Waals surface area contributed by atoms with E-state index >= 15 is 0 Å². The molecule has 0 spiro atoms. The molecule has 5 saturated carbocycles. The van der Waals surface area contributed by atoms with Crippen LogP contribution in [-0.2, 0) is 29.2 Å². The number of esters is 2. The average molecular weight is 702 g/mol. The molecule has 0 aromatic rings. The van der Waals surface area contributed by atoms with Crippen molar-refractivity contribution in [1.82, 2.24) is 0 Å². The molecule has 32 heavy (non-hydrogen) atoms. The van der Waals surface area contributed by atoms with Gasteiger partial charge in [0.2, 0.25) is 0 Å². The molecule has 0 amide bonds. The highest BCUT2D eigenvalue weighted by Crippen LogP contribution is 2.66. The first kappa shape index (κ1) is 25.3. The van der Waals surface area contributed by atoms with Crippen LogP contribution >= 0.6 is 45.2 Å². The van der Waals surface area contributed by atoms with Gasteiger partial charge in [-0.2, -0.15) is 17.2 Å². The van der Waals surface area contributed by atoms with E-state index in [2.05, 4.69) is 49.9 Å². The van der Waals surface area contributed by atoms with Gasteiger partial charge in [-0.1, -0.05) is 58.0 Å². The Bertz CT molecular complexity index is 894. The maximum Gasteiger partial charge on any atom is 0.402 e. The molecular weight excluding hydrogens is 676 g/mol. The highest BCUT2D eigenvalue weighted by molar-refractivity contribution is 14.1. The largest absolute Gasteiger partial charge is 0.459 e. The predicted octanol–water partition coefficient (Wildman–Crippen LogP) is 4.44. The summed E-state index contributed by atoms with van der Waals surface area (Å²) in [6.07, 6.45) is 7.72. The Kier molecular flexibility index (Phi) is 6.62. The van der Waals surface area contributed by atoms with Crippen LogP contribution in [0.5, 0.6) is 0 Å². The molecule has 1 N–H and O–H groups in total.